The molecule has 2 heterocycles. The zero-order valence-corrected chi connectivity index (χ0v) is 26.9. The van der Waals surface area contributed by atoms with Gasteiger partial charge in [0.2, 0.25) is 0 Å². The topological polar surface area (TPSA) is 25.8 Å². The maximum atomic E-state index is 4.88. The fraction of sp³-hybridized carbons (Fsp3) is 0.0213. The van der Waals surface area contributed by atoms with Gasteiger partial charge in [-0.05, 0) is 92.0 Å². The highest BCUT2D eigenvalue weighted by Gasteiger charge is 2.46. The minimum absolute atomic E-state index is 0.593. The minimum atomic E-state index is -0.593. The van der Waals surface area contributed by atoms with E-state index in [4.69, 9.17) is 9.97 Å². The van der Waals surface area contributed by atoms with Crippen molar-refractivity contribution in [2.45, 2.75) is 5.41 Å². The average Bonchev–Trinajstić information content (AvgIpc) is 3.50. The predicted molar refractivity (Wildman–Crippen MR) is 201 cm³/mol. The lowest BCUT2D eigenvalue weighted by atomic mass is 9.66. The lowest BCUT2D eigenvalue weighted by molar-refractivity contribution is 0.769. The molecule has 8 aromatic rings. The van der Waals surface area contributed by atoms with Crippen molar-refractivity contribution in [3.8, 4) is 55.9 Å². The van der Waals surface area contributed by atoms with Gasteiger partial charge in [-0.25, -0.2) is 0 Å². The summed E-state index contributed by atoms with van der Waals surface area (Å²) in [6.07, 6.45) is 3.77. The number of hydrogen-bond donors (Lipinski definition) is 0. The molecule has 0 radical (unpaired) electrons. The molecular weight excluding hydrogens is 593 g/mol. The number of fused-ring (bicyclic) bond motifs is 3. The molecule has 0 saturated carbocycles. The molecule has 9 rings (SSSR count). The van der Waals surface area contributed by atoms with Gasteiger partial charge in [0.1, 0.15) is 0 Å². The molecule has 0 unspecified atom stereocenters. The zero-order valence-electron chi connectivity index (χ0n) is 26.9. The minimum Gasteiger partial charge on any atom is -0.256 e. The maximum absolute atomic E-state index is 4.88. The van der Waals surface area contributed by atoms with Crippen LogP contribution in [-0.4, -0.2) is 9.97 Å². The van der Waals surface area contributed by atoms with Gasteiger partial charge >= 0.3 is 0 Å². The van der Waals surface area contributed by atoms with Gasteiger partial charge in [0.25, 0.3) is 0 Å². The second-order valence-electron chi connectivity index (χ2n) is 12.5. The maximum Gasteiger partial charge on any atom is 0.0714 e. The van der Waals surface area contributed by atoms with E-state index in [0.717, 1.165) is 33.6 Å². The third-order valence-corrected chi connectivity index (χ3v) is 9.91. The fourth-order valence-corrected chi connectivity index (χ4v) is 7.79. The Kier molecular flexibility index (Phi) is 7.06. The molecule has 0 spiro atoms. The highest BCUT2D eigenvalue weighted by molar-refractivity contribution is 5.90. The molecule has 2 heteroatoms. The number of aromatic nitrogens is 2. The van der Waals surface area contributed by atoms with Crippen LogP contribution in [0.5, 0.6) is 0 Å². The second kappa shape index (κ2) is 12.0. The van der Waals surface area contributed by atoms with Crippen LogP contribution in [-0.2, 0) is 5.41 Å². The number of pyridine rings is 2. The first-order valence-electron chi connectivity index (χ1n) is 16.7. The van der Waals surface area contributed by atoms with Crippen molar-refractivity contribution in [3.63, 3.8) is 0 Å². The van der Waals surface area contributed by atoms with Crippen LogP contribution in [0.1, 0.15) is 22.3 Å². The van der Waals surface area contributed by atoms with Crippen LogP contribution in [0.2, 0.25) is 0 Å². The second-order valence-corrected chi connectivity index (χ2v) is 12.5. The van der Waals surface area contributed by atoms with Crippen molar-refractivity contribution in [3.05, 3.63) is 217 Å². The summed E-state index contributed by atoms with van der Waals surface area (Å²) in [5.74, 6) is 0. The summed E-state index contributed by atoms with van der Waals surface area (Å²) in [4.78, 5) is 9.76. The average molecular weight is 625 g/mol. The summed E-state index contributed by atoms with van der Waals surface area (Å²) in [6.45, 7) is 0. The highest BCUT2D eigenvalue weighted by atomic mass is 14.7. The van der Waals surface area contributed by atoms with Gasteiger partial charge in [-0.15, -0.1) is 0 Å². The third-order valence-electron chi connectivity index (χ3n) is 9.91. The summed E-state index contributed by atoms with van der Waals surface area (Å²) in [5.41, 5.74) is 15.6. The van der Waals surface area contributed by atoms with E-state index < -0.39 is 5.41 Å². The molecule has 0 aliphatic heterocycles. The summed E-state index contributed by atoms with van der Waals surface area (Å²) in [7, 11) is 0. The molecule has 1 aliphatic carbocycles. The molecule has 0 bridgehead atoms. The molecule has 0 fully saturated rings. The largest absolute Gasteiger partial charge is 0.256 e. The number of rotatable bonds is 6. The van der Waals surface area contributed by atoms with Crippen molar-refractivity contribution >= 4 is 0 Å². The van der Waals surface area contributed by atoms with E-state index in [1.165, 1.54) is 44.5 Å². The van der Waals surface area contributed by atoms with Gasteiger partial charge in [-0.3, -0.25) is 9.97 Å². The number of nitrogens with zero attached hydrogens (tertiary/aromatic N) is 2. The van der Waals surface area contributed by atoms with E-state index in [0.29, 0.717) is 0 Å². The molecule has 2 nitrogen and oxygen atoms in total. The summed E-state index contributed by atoms with van der Waals surface area (Å²) >= 11 is 0. The summed E-state index contributed by atoms with van der Waals surface area (Å²) in [6, 6.07) is 65.4. The van der Waals surface area contributed by atoms with E-state index >= 15 is 0 Å². The fourth-order valence-electron chi connectivity index (χ4n) is 7.79. The van der Waals surface area contributed by atoms with E-state index in [9.17, 15) is 0 Å². The third kappa shape index (κ3) is 4.72. The molecule has 0 saturated heterocycles. The first-order valence-corrected chi connectivity index (χ1v) is 16.7. The van der Waals surface area contributed by atoms with E-state index in [2.05, 4.69) is 170 Å². The van der Waals surface area contributed by atoms with E-state index in [1.54, 1.807) is 0 Å². The Morgan fingerprint density at radius 3 is 1.14 bits per heavy atom. The Bertz CT molecular complexity index is 2240. The Hall–Kier alpha value is -6.38. The first kappa shape index (κ1) is 28.8. The van der Waals surface area contributed by atoms with E-state index in [1.807, 2.05) is 24.5 Å². The van der Waals surface area contributed by atoms with Crippen LogP contribution in [0.25, 0.3) is 55.9 Å². The van der Waals surface area contributed by atoms with Gasteiger partial charge in [-0.1, -0.05) is 146 Å². The molecule has 49 heavy (non-hydrogen) atoms. The van der Waals surface area contributed by atoms with Crippen LogP contribution in [0.15, 0.2) is 194 Å². The van der Waals surface area contributed by atoms with Crippen LogP contribution in [0.3, 0.4) is 0 Å². The van der Waals surface area contributed by atoms with Gasteiger partial charge < -0.3 is 0 Å². The van der Waals surface area contributed by atoms with Crippen LogP contribution in [0.4, 0.5) is 0 Å². The monoisotopic (exact) mass is 624 g/mol. The Morgan fingerprint density at radius 1 is 0.306 bits per heavy atom. The van der Waals surface area contributed by atoms with Crippen molar-refractivity contribution in [2.75, 3.05) is 0 Å². The molecular formula is C47H32N2. The Morgan fingerprint density at radius 2 is 0.714 bits per heavy atom. The molecule has 0 atom stereocenters. The van der Waals surface area contributed by atoms with Crippen LogP contribution in [0, 0.1) is 0 Å². The van der Waals surface area contributed by atoms with Crippen molar-refractivity contribution in [1.82, 2.24) is 9.97 Å². The quantitative estimate of drug-likeness (QED) is 0.184. The Balaban J connectivity index is 1.39. The normalized spacial score (nSPS) is 12.7. The standard InChI is InChI=1S/C47H32N2/c1-3-15-33(16-4-1)37-27-25-35(31-41(37)45-23-11-13-29-48-45)47(43-21-9-7-19-39(43)40-20-8-10-22-44(40)47)36-26-28-38(34-17-5-2-6-18-34)42(32-36)46-24-12-14-30-49-46/h1-32H. The number of benzene rings is 6. The predicted octanol–water partition coefficient (Wildman–Crippen LogP) is 11.5. The summed E-state index contributed by atoms with van der Waals surface area (Å²) < 4.78 is 0. The molecule has 230 valence electrons. The van der Waals surface area contributed by atoms with Gasteiger partial charge in [0.15, 0.2) is 0 Å². The molecule has 6 aromatic carbocycles. The number of hydrogen-bond acceptors (Lipinski definition) is 2. The first-order chi connectivity index (χ1) is 24.3. The molecule has 1 aliphatic rings. The van der Waals surface area contributed by atoms with Crippen molar-refractivity contribution in [2.24, 2.45) is 0 Å². The van der Waals surface area contributed by atoms with Crippen molar-refractivity contribution < 1.29 is 0 Å². The van der Waals surface area contributed by atoms with Gasteiger partial charge in [0.05, 0.1) is 16.8 Å². The lowest BCUT2D eigenvalue weighted by Crippen LogP contribution is -2.29. The molecule has 0 N–H and O–H groups in total. The lowest BCUT2D eigenvalue weighted by Gasteiger charge is -2.35. The van der Waals surface area contributed by atoms with Gasteiger partial charge in [-0.2, -0.15) is 0 Å². The Labute approximate surface area is 287 Å². The van der Waals surface area contributed by atoms with Crippen molar-refractivity contribution in [1.29, 1.82) is 0 Å². The van der Waals surface area contributed by atoms with E-state index in [-0.39, 0.29) is 0 Å². The molecule has 0 amide bonds. The zero-order chi connectivity index (χ0) is 32.6. The highest BCUT2D eigenvalue weighted by Crippen LogP contribution is 2.57. The summed E-state index contributed by atoms with van der Waals surface area (Å²) in [5, 5.41) is 0. The van der Waals surface area contributed by atoms with Crippen LogP contribution >= 0.6 is 0 Å². The SMILES string of the molecule is c1ccc(-c2ccc(C3(c4ccc(-c5ccccc5)c(-c5ccccn5)c4)c4ccccc4-c4ccccc43)cc2-c2ccccn2)cc1. The smallest absolute Gasteiger partial charge is 0.0714 e. The van der Waals surface area contributed by atoms with Gasteiger partial charge in [0, 0.05) is 23.5 Å². The van der Waals surface area contributed by atoms with Crippen LogP contribution < -0.4 is 0 Å². The molecule has 2 aromatic heterocycles.